The lowest BCUT2D eigenvalue weighted by Gasteiger charge is -2.26. The van der Waals surface area contributed by atoms with Crippen molar-refractivity contribution in [3.05, 3.63) is 0 Å². The normalized spacial score (nSPS) is 38.8. The van der Waals surface area contributed by atoms with Gasteiger partial charge in [-0.1, -0.05) is 0 Å². The Bertz CT molecular complexity index is 169. The van der Waals surface area contributed by atoms with Gasteiger partial charge in [0.25, 0.3) is 0 Å². The molecule has 0 bridgehead atoms. The van der Waals surface area contributed by atoms with Gasteiger partial charge >= 0.3 is 0 Å². The topological polar surface area (TPSA) is 33.3 Å². The van der Waals surface area contributed by atoms with Crippen LogP contribution in [0.15, 0.2) is 0 Å². The minimum atomic E-state index is 0.457. The molecule has 3 unspecified atom stereocenters. The minimum Gasteiger partial charge on any atom is -0.378 e. The molecule has 14 heavy (non-hydrogen) atoms. The molecule has 0 aliphatic carbocycles. The van der Waals surface area contributed by atoms with Gasteiger partial charge in [0.15, 0.2) is 0 Å². The highest BCUT2D eigenvalue weighted by Crippen LogP contribution is 2.19. The number of nitrogens with one attached hydrogen (secondary N) is 2. The van der Waals surface area contributed by atoms with Crippen LogP contribution in [0.4, 0.5) is 0 Å². The predicted molar refractivity (Wildman–Crippen MR) is 57.4 cm³/mol. The van der Waals surface area contributed by atoms with Crippen molar-refractivity contribution in [1.29, 1.82) is 0 Å². The molecule has 82 valence electrons. The molecule has 2 heterocycles. The Balaban J connectivity index is 1.65. The van der Waals surface area contributed by atoms with Crippen molar-refractivity contribution in [2.75, 3.05) is 26.2 Å². The average molecular weight is 198 g/mol. The van der Waals surface area contributed by atoms with E-state index in [2.05, 4.69) is 17.6 Å². The van der Waals surface area contributed by atoms with E-state index >= 15 is 0 Å². The fraction of sp³-hybridized carbons (Fsp3) is 1.00. The summed E-state index contributed by atoms with van der Waals surface area (Å²) in [5, 5.41) is 7.08. The van der Waals surface area contributed by atoms with Gasteiger partial charge in [0.1, 0.15) is 0 Å². The summed E-state index contributed by atoms with van der Waals surface area (Å²) < 4.78 is 5.55. The first kappa shape index (κ1) is 10.4. The monoisotopic (exact) mass is 198 g/mol. The quantitative estimate of drug-likeness (QED) is 0.702. The largest absolute Gasteiger partial charge is 0.378 e. The van der Waals surface area contributed by atoms with Crippen LogP contribution in [0.1, 0.15) is 26.2 Å². The molecule has 0 radical (unpaired) electrons. The maximum absolute atomic E-state index is 5.55. The first-order valence-corrected chi connectivity index (χ1v) is 5.92. The van der Waals surface area contributed by atoms with Crippen molar-refractivity contribution in [2.24, 2.45) is 5.92 Å². The molecule has 2 aliphatic rings. The summed E-state index contributed by atoms with van der Waals surface area (Å²) in [7, 11) is 0. The highest BCUT2D eigenvalue weighted by molar-refractivity contribution is 4.80. The summed E-state index contributed by atoms with van der Waals surface area (Å²) in [6.45, 7) is 6.62. The Morgan fingerprint density at radius 1 is 1.43 bits per heavy atom. The summed E-state index contributed by atoms with van der Waals surface area (Å²) in [5.41, 5.74) is 0. The third kappa shape index (κ3) is 2.69. The van der Waals surface area contributed by atoms with Crippen LogP contribution in [0.25, 0.3) is 0 Å². The number of hydrogen-bond donors (Lipinski definition) is 2. The fourth-order valence-electron chi connectivity index (χ4n) is 2.39. The lowest BCUT2D eigenvalue weighted by molar-refractivity contribution is 0.104. The van der Waals surface area contributed by atoms with Crippen molar-refractivity contribution >= 4 is 0 Å². The molecule has 3 atom stereocenters. The minimum absolute atomic E-state index is 0.457. The molecule has 2 fully saturated rings. The van der Waals surface area contributed by atoms with E-state index < -0.39 is 0 Å². The third-order valence-electron chi connectivity index (χ3n) is 3.50. The molecule has 3 heteroatoms. The maximum atomic E-state index is 5.55. The summed E-state index contributed by atoms with van der Waals surface area (Å²) in [6, 6.07) is 0.691. The SMILES string of the molecule is CC1OCCC1CNC1CCCNC1. The van der Waals surface area contributed by atoms with Gasteiger partial charge in [-0.25, -0.2) is 0 Å². The van der Waals surface area contributed by atoms with Gasteiger partial charge in [0, 0.05) is 25.7 Å². The lowest BCUT2D eigenvalue weighted by Crippen LogP contribution is -2.45. The number of hydrogen-bond acceptors (Lipinski definition) is 3. The van der Waals surface area contributed by atoms with Crippen molar-refractivity contribution in [2.45, 2.75) is 38.3 Å². The summed E-state index contributed by atoms with van der Waals surface area (Å²) in [5.74, 6) is 0.733. The first-order chi connectivity index (χ1) is 6.86. The van der Waals surface area contributed by atoms with Crippen molar-refractivity contribution in [1.82, 2.24) is 10.6 Å². The van der Waals surface area contributed by atoms with E-state index in [-0.39, 0.29) is 0 Å². The van der Waals surface area contributed by atoms with Gasteiger partial charge in [0.2, 0.25) is 0 Å². The average Bonchev–Trinajstić information content (AvgIpc) is 2.63. The van der Waals surface area contributed by atoms with Crippen LogP contribution < -0.4 is 10.6 Å². The molecule has 0 aromatic heterocycles. The van der Waals surface area contributed by atoms with E-state index in [9.17, 15) is 0 Å². The lowest BCUT2D eigenvalue weighted by atomic mass is 10.0. The van der Waals surface area contributed by atoms with E-state index in [1.807, 2.05) is 0 Å². The van der Waals surface area contributed by atoms with Crippen LogP contribution >= 0.6 is 0 Å². The van der Waals surface area contributed by atoms with Crippen LogP contribution in [-0.4, -0.2) is 38.4 Å². The van der Waals surface area contributed by atoms with E-state index in [4.69, 9.17) is 4.74 Å². The first-order valence-electron chi connectivity index (χ1n) is 5.92. The van der Waals surface area contributed by atoms with Gasteiger partial charge in [-0.2, -0.15) is 0 Å². The second kappa shape index (κ2) is 5.10. The number of piperidine rings is 1. The second-order valence-corrected chi connectivity index (χ2v) is 4.58. The van der Waals surface area contributed by atoms with Crippen LogP contribution in [0, 0.1) is 5.92 Å². The Kier molecular flexibility index (Phi) is 3.79. The second-order valence-electron chi connectivity index (χ2n) is 4.58. The Morgan fingerprint density at radius 3 is 3.00 bits per heavy atom. The molecular weight excluding hydrogens is 176 g/mol. The maximum Gasteiger partial charge on any atom is 0.0588 e. The standard InChI is InChI=1S/C11H22N2O/c1-9-10(4-6-14-9)7-13-11-3-2-5-12-8-11/h9-13H,2-8H2,1H3. The van der Waals surface area contributed by atoms with E-state index in [0.29, 0.717) is 12.1 Å². The number of rotatable bonds is 3. The summed E-state index contributed by atoms with van der Waals surface area (Å²) in [6.07, 6.45) is 4.33. The zero-order chi connectivity index (χ0) is 9.80. The van der Waals surface area contributed by atoms with Crippen LogP contribution in [0.3, 0.4) is 0 Å². The van der Waals surface area contributed by atoms with Gasteiger partial charge in [0.05, 0.1) is 6.10 Å². The van der Waals surface area contributed by atoms with Gasteiger partial charge in [-0.05, 0) is 38.6 Å². The van der Waals surface area contributed by atoms with Gasteiger partial charge in [-0.3, -0.25) is 0 Å². The molecule has 2 rings (SSSR count). The smallest absolute Gasteiger partial charge is 0.0588 e. The molecule has 0 aromatic rings. The highest BCUT2D eigenvalue weighted by atomic mass is 16.5. The Labute approximate surface area is 86.6 Å². The number of ether oxygens (including phenoxy) is 1. The Hall–Kier alpha value is -0.120. The molecule has 2 N–H and O–H groups in total. The summed E-state index contributed by atoms with van der Waals surface area (Å²) >= 11 is 0. The van der Waals surface area contributed by atoms with E-state index in [1.165, 1.54) is 25.8 Å². The molecule has 2 aliphatic heterocycles. The zero-order valence-electron chi connectivity index (χ0n) is 9.09. The van der Waals surface area contributed by atoms with Gasteiger partial charge in [-0.15, -0.1) is 0 Å². The molecular formula is C11H22N2O. The van der Waals surface area contributed by atoms with Crippen LogP contribution in [0.5, 0.6) is 0 Å². The van der Waals surface area contributed by atoms with Crippen LogP contribution in [0.2, 0.25) is 0 Å². The van der Waals surface area contributed by atoms with E-state index in [0.717, 1.165) is 25.6 Å². The van der Waals surface area contributed by atoms with Gasteiger partial charge < -0.3 is 15.4 Å². The highest BCUT2D eigenvalue weighted by Gasteiger charge is 2.24. The third-order valence-corrected chi connectivity index (χ3v) is 3.50. The van der Waals surface area contributed by atoms with Crippen molar-refractivity contribution in [3.63, 3.8) is 0 Å². The molecule has 0 saturated carbocycles. The molecule has 3 nitrogen and oxygen atoms in total. The van der Waals surface area contributed by atoms with Crippen molar-refractivity contribution < 1.29 is 4.74 Å². The zero-order valence-corrected chi connectivity index (χ0v) is 9.09. The van der Waals surface area contributed by atoms with Crippen LogP contribution in [-0.2, 0) is 4.74 Å². The summed E-state index contributed by atoms with van der Waals surface area (Å²) in [4.78, 5) is 0. The predicted octanol–water partition coefficient (Wildman–Crippen LogP) is 0.753. The van der Waals surface area contributed by atoms with Crippen molar-refractivity contribution in [3.8, 4) is 0 Å². The molecule has 0 aromatic carbocycles. The molecule has 0 amide bonds. The van der Waals surface area contributed by atoms with E-state index in [1.54, 1.807) is 0 Å². The fourth-order valence-corrected chi connectivity index (χ4v) is 2.39. The molecule has 2 saturated heterocycles. The Morgan fingerprint density at radius 2 is 2.36 bits per heavy atom. The molecule has 0 spiro atoms.